The summed E-state index contributed by atoms with van der Waals surface area (Å²) < 4.78 is 82.5. The van der Waals surface area contributed by atoms with Crippen molar-refractivity contribution in [2.75, 3.05) is 13.1 Å². The molecule has 40 heavy (non-hydrogen) atoms. The van der Waals surface area contributed by atoms with Crippen molar-refractivity contribution in [3.8, 4) is 21.3 Å². The van der Waals surface area contributed by atoms with E-state index in [0.29, 0.717) is 6.07 Å². The highest BCUT2D eigenvalue weighted by molar-refractivity contribution is 7.18. The molecule has 3 rings (SSSR count). The third-order valence-electron chi connectivity index (χ3n) is 5.78. The molecule has 8 nitrogen and oxygen atoms in total. The van der Waals surface area contributed by atoms with E-state index in [0.717, 1.165) is 17.4 Å². The van der Waals surface area contributed by atoms with Gasteiger partial charge in [-0.05, 0) is 27.7 Å². The maximum Gasteiger partial charge on any atom is 0.430 e. The van der Waals surface area contributed by atoms with E-state index in [1.54, 1.807) is 13.8 Å². The Morgan fingerprint density at radius 1 is 1.02 bits per heavy atom. The van der Waals surface area contributed by atoms with Gasteiger partial charge in [-0.25, -0.2) is 4.98 Å². The van der Waals surface area contributed by atoms with Crippen LogP contribution >= 0.6 is 34.5 Å². The molecule has 220 valence electrons. The summed E-state index contributed by atoms with van der Waals surface area (Å²) in [6, 6.07) is 1.15. The standard InChI is InChI=1S/C23H23Cl2F6N5O3S/c1-5-35(6-2)19(37)15-16(40-18(33-15)17-34-32-10-36(17)9-20(3,4)38)11-7-8-12(14(25)13(11)24)21(39,22(26,27)28)23(29,30)31/h7-8,10,38-39H,5-6,9H2,1-4H3. The normalized spacial score (nSPS) is 13.2. The van der Waals surface area contributed by atoms with Crippen molar-refractivity contribution in [1.29, 1.82) is 0 Å². The molecule has 1 amide bonds. The van der Waals surface area contributed by atoms with E-state index in [1.165, 1.54) is 29.6 Å². The van der Waals surface area contributed by atoms with E-state index in [1.807, 2.05) is 0 Å². The summed E-state index contributed by atoms with van der Waals surface area (Å²) in [6.45, 7) is 7.00. The fraction of sp³-hybridized carbons (Fsp3) is 0.478. The molecule has 0 radical (unpaired) electrons. The van der Waals surface area contributed by atoms with Crippen molar-refractivity contribution in [2.45, 2.75) is 57.8 Å². The van der Waals surface area contributed by atoms with Gasteiger partial charge in [0.2, 0.25) is 0 Å². The fourth-order valence-electron chi connectivity index (χ4n) is 3.83. The molecule has 0 saturated heterocycles. The van der Waals surface area contributed by atoms with Crippen molar-refractivity contribution in [3.63, 3.8) is 0 Å². The predicted octanol–water partition coefficient (Wildman–Crippen LogP) is 5.94. The number of halogens is 8. The Labute approximate surface area is 238 Å². The van der Waals surface area contributed by atoms with Gasteiger partial charge in [0.25, 0.3) is 11.5 Å². The number of thiazole rings is 1. The zero-order valence-corrected chi connectivity index (χ0v) is 23.7. The molecule has 2 N–H and O–H groups in total. The topological polar surface area (TPSA) is 104 Å². The molecule has 1 aromatic carbocycles. The first-order valence-electron chi connectivity index (χ1n) is 11.5. The minimum Gasteiger partial charge on any atom is -0.389 e. The van der Waals surface area contributed by atoms with Gasteiger partial charge in [-0.1, -0.05) is 35.3 Å². The Hall–Kier alpha value is -2.46. The molecule has 0 spiro atoms. The van der Waals surface area contributed by atoms with Crippen LogP contribution in [0.2, 0.25) is 10.0 Å². The summed E-state index contributed by atoms with van der Waals surface area (Å²) in [7, 11) is 0. The van der Waals surface area contributed by atoms with Crippen LogP contribution in [0.15, 0.2) is 18.5 Å². The van der Waals surface area contributed by atoms with Crippen LogP contribution in [-0.2, 0) is 12.1 Å². The molecule has 0 fully saturated rings. The highest BCUT2D eigenvalue weighted by Crippen LogP contribution is 2.54. The van der Waals surface area contributed by atoms with Gasteiger partial charge in [0.05, 0.1) is 27.1 Å². The van der Waals surface area contributed by atoms with Gasteiger partial charge in [-0.3, -0.25) is 4.79 Å². The second-order valence-corrected chi connectivity index (χ2v) is 11.0. The summed E-state index contributed by atoms with van der Waals surface area (Å²) in [5, 5.41) is 26.0. The molecule has 2 heterocycles. The molecule has 0 bridgehead atoms. The monoisotopic (exact) mass is 633 g/mol. The van der Waals surface area contributed by atoms with E-state index in [9.17, 15) is 41.4 Å². The number of aromatic nitrogens is 4. The fourth-order valence-corrected chi connectivity index (χ4v) is 5.53. The molecule has 2 aromatic heterocycles. The van der Waals surface area contributed by atoms with Crippen LogP contribution in [0.25, 0.3) is 21.3 Å². The first-order chi connectivity index (χ1) is 18.3. The number of benzene rings is 1. The summed E-state index contributed by atoms with van der Waals surface area (Å²) in [6.07, 6.45) is -11.1. The molecule has 0 aliphatic rings. The van der Waals surface area contributed by atoms with Crippen LogP contribution < -0.4 is 0 Å². The Bertz CT molecular complexity index is 1380. The van der Waals surface area contributed by atoms with Gasteiger partial charge >= 0.3 is 12.4 Å². The smallest absolute Gasteiger partial charge is 0.389 e. The average molecular weight is 634 g/mol. The van der Waals surface area contributed by atoms with Gasteiger partial charge in [0.15, 0.2) is 10.8 Å². The van der Waals surface area contributed by atoms with Gasteiger partial charge in [0.1, 0.15) is 12.0 Å². The van der Waals surface area contributed by atoms with Crippen LogP contribution in [0, 0.1) is 0 Å². The lowest BCUT2D eigenvalue weighted by Gasteiger charge is -2.33. The van der Waals surface area contributed by atoms with Crippen molar-refractivity contribution < 1.29 is 41.4 Å². The highest BCUT2D eigenvalue weighted by Gasteiger charge is 2.72. The van der Waals surface area contributed by atoms with Gasteiger partial charge in [-0.2, -0.15) is 26.3 Å². The molecule has 0 atom stereocenters. The second-order valence-electron chi connectivity index (χ2n) is 9.26. The first-order valence-corrected chi connectivity index (χ1v) is 13.1. The van der Waals surface area contributed by atoms with Crippen molar-refractivity contribution in [2.24, 2.45) is 0 Å². The van der Waals surface area contributed by atoms with Crippen LogP contribution in [0.5, 0.6) is 0 Å². The number of carbonyl (C=O) groups is 1. The van der Waals surface area contributed by atoms with Crippen molar-refractivity contribution in [1.82, 2.24) is 24.6 Å². The molecular weight excluding hydrogens is 611 g/mol. The van der Waals surface area contributed by atoms with Crippen LogP contribution in [0.4, 0.5) is 26.3 Å². The number of nitrogens with zero attached hydrogens (tertiary/aromatic N) is 5. The molecule has 0 aliphatic heterocycles. The van der Waals surface area contributed by atoms with Crippen LogP contribution in [0.1, 0.15) is 43.7 Å². The van der Waals surface area contributed by atoms with E-state index < -0.39 is 45.1 Å². The van der Waals surface area contributed by atoms with E-state index >= 15 is 0 Å². The average Bonchev–Trinajstić information content (AvgIpc) is 3.45. The zero-order chi connectivity index (χ0) is 30.4. The lowest BCUT2D eigenvalue weighted by molar-refractivity contribution is -0.376. The highest BCUT2D eigenvalue weighted by atomic mass is 35.5. The lowest BCUT2D eigenvalue weighted by Crippen LogP contribution is -2.54. The summed E-state index contributed by atoms with van der Waals surface area (Å²) in [5.41, 5.74) is -8.65. The van der Waals surface area contributed by atoms with E-state index in [2.05, 4.69) is 15.2 Å². The number of hydrogen-bond donors (Lipinski definition) is 2. The maximum atomic E-state index is 13.5. The number of carbonyl (C=O) groups excluding carboxylic acids is 1. The quantitative estimate of drug-likeness (QED) is 0.298. The largest absolute Gasteiger partial charge is 0.430 e. The molecule has 0 unspecified atom stereocenters. The van der Waals surface area contributed by atoms with Gasteiger partial charge in [0, 0.05) is 24.2 Å². The summed E-state index contributed by atoms with van der Waals surface area (Å²) in [4.78, 5) is 19.1. The van der Waals surface area contributed by atoms with Crippen molar-refractivity contribution >= 4 is 40.4 Å². The minimum atomic E-state index is -6.19. The van der Waals surface area contributed by atoms with Gasteiger partial charge in [-0.15, -0.1) is 21.5 Å². The maximum absolute atomic E-state index is 13.5. The first kappa shape index (κ1) is 32.1. The summed E-state index contributed by atoms with van der Waals surface area (Å²) in [5.74, 6) is -0.469. The number of rotatable bonds is 8. The Morgan fingerprint density at radius 3 is 2.10 bits per heavy atom. The number of alkyl halides is 6. The molecule has 17 heteroatoms. The SMILES string of the molecule is CCN(CC)C(=O)c1nc(-c2nncn2CC(C)(C)O)sc1-c1ccc(C(O)(C(F)(F)F)C(F)(F)F)c(Cl)c1Cl. The minimum absolute atomic E-state index is 0.0225. The Kier molecular flexibility index (Phi) is 8.88. The zero-order valence-electron chi connectivity index (χ0n) is 21.3. The van der Waals surface area contributed by atoms with E-state index in [4.69, 9.17) is 23.2 Å². The molecule has 0 aliphatic carbocycles. The van der Waals surface area contributed by atoms with Crippen LogP contribution in [-0.4, -0.2) is 71.8 Å². The lowest BCUT2D eigenvalue weighted by atomic mass is 9.91. The molecular formula is C23H23Cl2F6N5O3S. The summed E-state index contributed by atoms with van der Waals surface area (Å²) >= 11 is 13.0. The third kappa shape index (κ3) is 5.79. The predicted molar refractivity (Wildman–Crippen MR) is 136 cm³/mol. The Morgan fingerprint density at radius 2 is 1.60 bits per heavy atom. The number of hydrogen-bond acceptors (Lipinski definition) is 7. The molecule has 3 aromatic rings. The number of amides is 1. The third-order valence-corrected chi connectivity index (χ3v) is 7.75. The van der Waals surface area contributed by atoms with Crippen molar-refractivity contribution in [3.05, 3.63) is 39.8 Å². The van der Waals surface area contributed by atoms with E-state index in [-0.39, 0.29) is 46.6 Å². The second kappa shape index (κ2) is 11.1. The number of aliphatic hydroxyl groups is 2. The Balaban J connectivity index is 2.29. The molecule has 0 saturated carbocycles. The van der Waals surface area contributed by atoms with Gasteiger partial charge < -0.3 is 19.7 Å². The van der Waals surface area contributed by atoms with Crippen LogP contribution in [0.3, 0.4) is 0 Å².